The van der Waals surface area contributed by atoms with E-state index in [-0.39, 0.29) is 11.8 Å². The molecule has 2 heterocycles. The Labute approximate surface area is 193 Å². The van der Waals surface area contributed by atoms with Gasteiger partial charge in [0.15, 0.2) is 0 Å². The van der Waals surface area contributed by atoms with E-state index in [9.17, 15) is 14.7 Å². The van der Waals surface area contributed by atoms with E-state index in [4.69, 9.17) is 4.74 Å². The Bertz CT molecular complexity index is 1150. The van der Waals surface area contributed by atoms with Gasteiger partial charge in [-0.05, 0) is 30.3 Å². The molecule has 1 aromatic heterocycles. The summed E-state index contributed by atoms with van der Waals surface area (Å²) in [5, 5.41) is 13.8. The van der Waals surface area contributed by atoms with Crippen LogP contribution in [0.3, 0.4) is 0 Å². The van der Waals surface area contributed by atoms with E-state index in [2.05, 4.69) is 15.2 Å². The van der Waals surface area contributed by atoms with Crippen LogP contribution in [-0.2, 0) is 9.59 Å². The van der Waals surface area contributed by atoms with Gasteiger partial charge in [0.2, 0.25) is 5.91 Å². The first-order chi connectivity index (χ1) is 15.9. The van der Waals surface area contributed by atoms with Crippen LogP contribution < -0.4 is 15.0 Å². The van der Waals surface area contributed by atoms with Gasteiger partial charge in [-0.3, -0.25) is 14.5 Å². The lowest BCUT2D eigenvalue weighted by Crippen LogP contribution is -2.49. The van der Waals surface area contributed by atoms with Crippen molar-refractivity contribution >= 4 is 34.2 Å². The Morgan fingerprint density at radius 3 is 2.52 bits per heavy atom. The highest BCUT2D eigenvalue weighted by Crippen LogP contribution is 2.32. The maximum absolute atomic E-state index is 12.4. The third kappa shape index (κ3) is 4.80. The summed E-state index contributed by atoms with van der Waals surface area (Å²) in [6.45, 7) is 6.33. The molecule has 8 nitrogen and oxygen atoms in total. The van der Waals surface area contributed by atoms with Crippen LogP contribution in [0.25, 0.3) is 10.9 Å². The first-order valence-corrected chi connectivity index (χ1v) is 11.1. The van der Waals surface area contributed by atoms with E-state index in [1.54, 1.807) is 13.3 Å². The maximum atomic E-state index is 12.4. The predicted octanol–water partition coefficient (Wildman–Crippen LogP) is 3.72. The third-order valence-corrected chi connectivity index (χ3v) is 6.13. The van der Waals surface area contributed by atoms with Crippen molar-refractivity contribution in [2.45, 2.75) is 19.9 Å². The zero-order valence-corrected chi connectivity index (χ0v) is 19.2. The number of hydrogen-bond acceptors (Lipinski definition) is 5. The number of fused-ring (bicyclic) bond motifs is 1. The number of methoxy groups -OCH3 is 1. The van der Waals surface area contributed by atoms with Crippen molar-refractivity contribution in [2.75, 3.05) is 43.5 Å². The fourth-order valence-electron chi connectivity index (χ4n) is 4.26. The number of carbonyl (C=O) groups is 2. The highest BCUT2D eigenvalue weighted by molar-refractivity contribution is 5.96. The van der Waals surface area contributed by atoms with Crippen LogP contribution in [-0.4, -0.2) is 60.2 Å². The van der Waals surface area contributed by atoms with E-state index in [1.165, 1.54) is 0 Å². The van der Waals surface area contributed by atoms with Gasteiger partial charge in [0.05, 0.1) is 7.11 Å². The van der Waals surface area contributed by atoms with Gasteiger partial charge >= 0.3 is 5.97 Å². The molecule has 1 aliphatic rings. The zero-order chi connectivity index (χ0) is 23.5. The summed E-state index contributed by atoms with van der Waals surface area (Å²) in [6.07, 6.45) is 1.77. The number of aliphatic carboxylic acids is 1. The molecule has 0 radical (unpaired) electrons. The van der Waals surface area contributed by atoms with Gasteiger partial charge < -0.3 is 25.0 Å². The molecule has 0 unspecified atom stereocenters. The highest BCUT2D eigenvalue weighted by Gasteiger charge is 2.32. The number of carboxylic acids is 1. The minimum atomic E-state index is -0.887. The van der Waals surface area contributed by atoms with Gasteiger partial charge in [-0.1, -0.05) is 19.9 Å². The summed E-state index contributed by atoms with van der Waals surface area (Å²) < 4.78 is 5.33. The number of benzene rings is 2. The molecule has 174 valence electrons. The summed E-state index contributed by atoms with van der Waals surface area (Å²) >= 11 is 0. The molecule has 1 saturated heterocycles. The van der Waals surface area contributed by atoms with Crippen molar-refractivity contribution in [3.8, 4) is 5.75 Å². The number of nitrogens with one attached hydrogen (secondary N) is 2. The van der Waals surface area contributed by atoms with Gasteiger partial charge in [0, 0.05) is 72.2 Å². The Kier molecular flexibility index (Phi) is 6.55. The number of H-pyrrole nitrogens is 1. The maximum Gasteiger partial charge on any atom is 0.325 e. The normalized spacial score (nSPS) is 15.6. The van der Waals surface area contributed by atoms with Crippen LogP contribution in [0.2, 0.25) is 0 Å². The average Bonchev–Trinajstić information content (AvgIpc) is 3.22. The predicted molar refractivity (Wildman–Crippen MR) is 129 cm³/mol. The lowest BCUT2D eigenvalue weighted by molar-refractivity contribution is -0.143. The summed E-state index contributed by atoms with van der Waals surface area (Å²) in [5.41, 5.74) is 3.27. The molecular weight excluding hydrogens is 420 g/mol. The molecule has 2 aromatic carbocycles. The number of carboxylic acid groups (broad SMARTS) is 1. The summed E-state index contributed by atoms with van der Waals surface area (Å²) in [6, 6.07) is 12.7. The van der Waals surface area contributed by atoms with Crippen molar-refractivity contribution in [1.29, 1.82) is 0 Å². The third-order valence-electron chi connectivity index (χ3n) is 6.13. The number of aromatic nitrogens is 1. The van der Waals surface area contributed by atoms with Gasteiger partial charge in [-0.25, -0.2) is 0 Å². The Morgan fingerprint density at radius 2 is 1.85 bits per heavy atom. The molecule has 1 amide bonds. The Balaban J connectivity index is 1.55. The topological polar surface area (TPSA) is 97.9 Å². The molecule has 8 heteroatoms. The second-order valence-electron chi connectivity index (χ2n) is 8.61. The smallest absolute Gasteiger partial charge is 0.325 e. The fourth-order valence-corrected chi connectivity index (χ4v) is 4.26. The molecule has 0 spiro atoms. The first-order valence-electron chi connectivity index (χ1n) is 11.1. The molecule has 1 aliphatic heterocycles. The largest absolute Gasteiger partial charge is 0.497 e. The van der Waals surface area contributed by atoms with E-state index in [0.717, 1.165) is 35.4 Å². The average molecular weight is 451 g/mol. The number of nitrogens with zero attached hydrogens (tertiary/aromatic N) is 2. The van der Waals surface area contributed by atoms with Crippen molar-refractivity contribution in [3.05, 3.63) is 54.2 Å². The first kappa shape index (κ1) is 22.7. The van der Waals surface area contributed by atoms with E-state index in [1.807, 2.05) is 61.2 Å². The number of ether oxygens (including phenoxy) is 1. The Morgan fingerprint density at radius 1 is 1.09 bits per heavy atom. The van der Waals surface area contributed by atoms with E-state index < -0.39 is 12.0 Å². The number of hydrogen-bond donors (Lipinski definition) is 3. The van der Waals surface area contributed by atoms with Crippen LogP contribution in [0.1, 0.15) is 25.5 Å². The number of anilines is 2. The highest BCUT2D eigenvalue weighted by atomic mass is 16.5. The van der Waals surface area contributed by atoms with Gasteiger partial charge in [-0.15, -0.1) is 0 Å². The number of aromatic amines is 1. The van der Waals surface area contributed by atoms with Crippen LogP contribution in [0, 0.1) is 5.92 Å². The van der Waals surface area contributed by atoms with Crippen molar-refractivity contribution in [2.24, 2.45) is 5.92 Å². The summed E-state index contributed by atoms with van der Waals surface area (Å²) in [7, 11) is 1.65. The van der Waals surface area contributed by atoms with Crippen LogP contribution in [0.15, 0.2) is 48.7 Å². The molecule has 1 atom stereocenters. The quantitative estimate of drug-likeness (QED) is 0.508. The van der Waals surface area contributed by atoms with Crippen LogP contribution in [0.4, 0.5) is 11.4 Å². The number of amides is 1. The van der Waals surface area contributed by atoms with Gasteiger partial charge in [0.25, 0.3) is 0 Å². The summed E-state index contributed by atoms with van der Waals surface area (Å²) in [4.78, 5) is 31.9. The minimum absolute atomic E-state index is 0.0742. The van der Waals surface area contributed by atoms with Crippen molar-refractivity contribution in [3.63, 3.8) is 0 Å². The molecule has 3 N–H and O–H groups in total. The lowest BCUT2D eigenvalue weighted by Gasteiger charge is -2.38. The fraction of sp³-hybridized carbons (Fsp3) is 0.360. The Hall–Kier alpha value is -3.52. The molecule has 33 heavy (non-hydrogen) atoms. The molecule has 0 bridgehead atoms. The summed E-state index contributed by atoms with van der Waals surface area (Å²) in [5.74, 6) is -0.297. The monoisotopic (exact) mass is 450 g/mol. The van der Waals surface area contributed by atoms with E-state index >= 15 is 0 Å². The number of rotatable bonds is 7. The number of piperazine rings is 1. The molecule has 0 saturated carbocycles. The number of carbonyl (C=O) groups excluding carboxylic acids is 1. The second kappa shape index (κ2) is 9.54. The van der Waals surface area contributed by atoms with Gasteiger partial charge in [0.1, 0.15) is 11.8 Å². The minimum Gasteiger partial charge on any atom is -0.497 e. The standard InChI is InChI=1S/C25H30N4O4/c1-16(2)24(30)27-17-7-8-22-20(13-17)21(15-26-22)23(25(31)32)29-11-9-28(10-12-29)18-5-4-6-19(14-18)33-3/h4-8,13-16,23,26H,9-12H2,1-3H3,(H,27,30)(H,31,32)/t23-/m1/s1. The van der Waals surface area contributed by atoms with Crippen LogP contribution in [0.5, 0.6) is 5.75 Å². The van der Waals surface area contributed by atoms with E-state index in [0.29, 0.717) is 24.3 Å². The van der Waals surface area contributed by atoms with Gasteiger partial charge in [-0.2, -0.15) is 0 Å². The zero-order valence-electron chi connectivity index (χ0n) is 19.2. The van der Waals surface area contributed by atoms with Crippen molar-refractivity contribution in [1.82, 2.24) is 9.88 Å². The van der Waals surface area contributed by atoms with Crippen LogP contribution >= 0.6 is 0 Å². The SMILES string of the molecule is COc1cccc(N2CCN([C@@H](C(=O)O)c3c[nH]c4ccc(NC(=O)C(C)C)cc34)CC2)c1. The second-order valence-corrected chi connectivity index (χ2v) is 8.61. The molecule has 4 rings (SSSR count). The molecule has 3 aromatic rings. The van der Waals surface area contributed by atoms with Crippen molar-refractivity contribution < 1.29 is 19.4 Å². The molecule has 1 fully saturated rings. The molecule has 0 aliphatic carbocycles. The lowest BCUT2D eigenvalue weighted by atomic mass is 10.0. The molecular formula is C25H30N4O4.